The van der Waals surface area contributed by atoms with Crippen molar-refractivity contribution in [2.24, 2.45) is 0 Å². The zero-order chi connectivity index (χ0) is 41.9. The lowest BCUT2D eigenvalue weighted by Gasteiger charge is -2.22. The molecule has 7 nitrogen and oxygen atoms in total. The normalized spacial score (nSPS) is 13.8. The first-order chi connectivity index (χ1) is 27.7. The lowest BCUT2D eigenvalue weighted by molar-refractivity contribution is -0.130. The topological polar surface area (TPSA) is 124 Å². The number of nitrogens with one attached hydrogen (secondary N) is 1. The van der Waals surface area contributed by atoms with Crippen LogP contribution in [-0.4, -0.2) is 53.1 Å². The van der Waals surface area contributed by atoms with Crippen LogP contribution in [0.2, 0.25) is 0 Å². The summed E-state index contributed by atoms with van der Waals surface area (Å²) in [6, 6.07) is -1.23. The number of hydrogen-bond donors (Lipinski definition) is 4. The predicted octanol–water partition coefficient (Wildman–Crippen LogP) is 14.1. The van der Waals surface area contributed by atoms with Crippen molar-refractivity contribution in [3.63, 3.8) is 0 Å². The van der Waals surface area contributed by atoms with E-state index in [1.165, 1.54) is 192 Å². The molecule has 0 aliphatic rings. The average Bonchev–Trinajstić information content (AvgIpc) is 3.18. The molecule has 4 N–H and O–H groups in total. The fourth-order valence-electron chi connectivity index (χ4n) is 7.69. The predicted molar refractivity (Wildman–Crippen MR) is 245 cm³/mol. The minimum Gasteiger partial charge on any atom is -0.387 e. The highest BCUT2D eigenvalue weighted by Crippen LogP contribution is 2.16. The van der Waals surface area contributed by atoms with Crippen LogP contribution >= 0.6 is 0 Å². The Balaban J connectivity index is 3.92. The number of rotatable bonds is 45. The summed E-state index contributed by atoms with van der Waals surface area (Å²) in [5.41, 5.74) is 0. The smallest absolute Gasteiger partial charge is 0.267 e. The van der Waals surface area contributed by atoms with Crippen molar-refractivity contribution in [3.8, 4) is 0 Å². The van der Waals surface area contributed by atoms with Gasteiger partial charge in [0, 0.05) is 0 Å². The highest BCUT2D eigenvalue weighted by molar-refractivity contribution is 7.85. The summed E-state index contributed by atoms with van der Waals surface area (Å²) in [4.78, 5) is 12.7. The highest BCUT2D eigenvalue weighted by atomic mass is 32.2. The van der Waals surface area contributed by atoms with Gasteiger partial charge in [-0.25, -0.2) is 0 Å². The third-order valence-electron chi connectivity index (χ3n) is 11.5. The molecule has 0 fully saturated rings. The van der Waals surface area contributed by atoms with E-state index in [2.05, 4.69) is 31.3 Å². The van der Waals surface area contributed by atoms with Crippen molar-refractivity contribution >= 4 is 16.0 Å². The molecule has 338 valence electrons. The molecule has 0 spiro atoms. The maximum absolute atomic E-state index is 12.7. The summed E-state index contributed by atoms with van der Waals surface area (Å²) >= 11 is 0. The molecule has 0 rings (SSSR count). The summed E-state index contributed by atoms with van der Waals surface area (Å²) in [6.45, 7) is 4.54. The number of aliphatic hydroxyl groups excluding tert-OH is 2. The number of amides is 1. The molecule has 0 aromatic heterocycles. The first-order valence-electron chi connectivity index (χ1n) is 24.6. The second kappa shape index (κ2) is 42.9. The SMILES string of the molecule is CCCCCCCCCCCC/C=C\CCCCCCCCC(O)C(=O)NC(CS(=O)(=O)O)C(O)/C=C/CCCCCCCCCCCCCCCCCCCC. The van der Waals surface area contributed by atoms with E-state index in [1.54, 1.807) is 0 Å². The van der Waals surface area contributed by atoms with Crippen LogP contribution in [0.4, 0.5) is 0 Å². The summed E-state index contributed by atoms with van der Waals surface area (Å²) in [7, 11) is -4.45. The second-order valence-corrected chi connectivity index (χ2v) is 18.7. The van der Waals surface area contributed by atoms with Crippen LogP contribution < -0.4 is 5.32 Å². The molecular formula is C49H95NO6S. The van der Waals surface area contributed by atoms with Crippen LogP contribution in [0.5, 0.6) is 0 Å². The standard InChI is InChI=1S/C49H95NO6S/c1-3-5-7-9-11-13-15-17-19-21-23-25-27-29-31-33-35-37-39-41-43-47(51)46(45-57(54,55)56)50-49(53)48(52)44-42-40-38-36-34-32-30-28-26-24-22-20-18-16-14-12-10-8-6-4-2/h26,28,41,43,46-48,51-52H,3-25,27,29-40,42,44-45H2,1-2H3,(H,50,53)(H,54,55,56)/b28-26-,43-41+. The van der Waals surface area contributed by atoms with Gasteiger partial charge in [0.2, 0.25) is 5.91 Å². The Labute approximate surface area is 354 Å². The molecule has 57 heavy (non-hydrogen) atoms. The van der Waals surface area contributed by atoms with Gasteiger partial charge >= 0.3 is 0 Å². The Morgan fingerprint density at radius 3 is 1.11 bits per heavy atom. The van der Waals surface area contributed by atoms with Crippen LogP contribution in [0.1, 0.15) is 258 Å². The van der Waals surface area contributed by atoms with Crippen molar-refractivity contribution < 1.29 is 28.0 Å². The number of allylic oxidation sites excluding steroid dienone is 3. The van der Waals surface area contributed by atoms with Crippen molar-refractivity contribution in [2.75, 3.05) is 5.75 Å². The summed E-state index contributed by atoms with van der Waals surface area (Å²) in [5.74, 6) is -1.53. The lowest BCUT2D eigenvalue weighted by Crippen LogP contribution is -2.50. The fourth-order valence-corrected chi connectivity index (χ4v) is 8.42. The number of carbonyl (C=O) groups is 1. The maximum Gasteiger partial charge on any atom is 0.267 e. The molecule has 0 radical (unpaired) electrons. The zero-order valence-electron chi connectivity index (χ0n) is 37.6. The quantitative estimate of drug-likeness (QED) is 0.0275. The Kier molecular flexibility index (Phi) is 42.0. The first kappa shape index (κ1) is 55.8. The van der Waals surface area contributed by atoms with Crippen LogP contribution in [0.3, 0.4) is 0 Å². The van der Waals surface area contributed by atoms with E-state index in [0.717, 1.165) is 44.9 Å². The molecule has 0 aliphatic carbocycles. The van der Waals surface area contributed by atoms with E-state index in [9.17, 15) is 28.0 Å². The third kappa shape index (κ3) is 42.7. The highest BCUT2D eigenvalue weighted by Gasteiger charge is 2.27. The van der Waals surface area contributed by atoms with Gasteiger partial charge in [-0.1, -0.05) is 237 Å². The fraction of sp³-hybridized carbons (Fsp3) is 0.898. The van der Waals surface area contributed by atoms with Crippen molar-refractivity contribution in [2.45, 2.75) is 276 Å². The number of carbonyl (C=O) groups excluding carboxylic acids is 1. The van der Waals surface area contributed by atoms with E-state index in [4.69, 9.17) is 0 Å². The van der Waals surface area contributed by atoms with Gasteiger partial charge in [0.25, 0.3) is 10.1 Å². The van der Waals surface area contributed by atoms with Gasteiger partial charge in [-0.05, 0) is 44.9 Å². The average molecular weight is 826 g/mol. The van der Waals surface area contributed by atoms with E-state index >= 15 is 0 Å². The van der Waals surface area contributed by atoms with Crippen LogP contribution in [0.25, 0.3) is 0 Å². The molecular weight excluding hydrogens is 731 g/mol. The van der Waals surface area contributed by atoms with Gasteiger partial charge in [0.1, 0.15) is 6.10 Å². The van der Waals surface area contributed by atoms with Crippen LogP contribution in [0, 0.1) is 0 Å². The molecule has 0 bridgehead atoms. The molecule has 0 aliphatic heterocycles. The zero-order valence-corrected chi connectivity index (χ0v) is 38.4. The second-order valence-electron chi connectivity index (χ2n) is 17.2. The van der Waals surface area contributed by atoms with E-state index in [-0.39, 0.29) is 6.42 Å². The van der Waals surface area contributed by atoms with Crippen molar-refractivity contribution in [1.82, 2.24) is 5.32 Å². The van der Waals surface area contributed by atoms with Gasteiger partial charge in [-0.15, -0.1) is 0 Å². The van der Waals surface area contributed by atoms with Gasteiger partial charge in [0.15, 0.2) is 0 Å². The molecule has 0 saturated carbocycles. The maximum atomic E-state index is 12.7. The molecule has 0 aromatic carbocycles. The first-order valence-corrected chi connectivity index (χ1v) is 26.3. The minimum atomic E-state index is -4.45. The van der Waals surface area contributed by atoms with Gasteiger partial charge in [-0.2, -0.15) is 8.42 Å². The molecule has 0 heterocycles. The van der Waals surface area contributed by atoms with Gasteiger partial charge < -0.3 is 15.5 Å². The Hall–Kier alpha value is -1.22. The van der Waals surface area contributed by atoms with E-state index in [0.29, 0.717) is 6.42 Å². The molecule has 1 amide bonds. The number of hydrogen-bond acceptors (Lipinski definition) is 5. The molecule has 8 heteroatoms. The number of aliphatic hydroxyl groups is 2. The molecule has 3 unspecified atom stereocenters. The van der Waals surface area contributed by atoms with Gasteiger partial charge in [-0.3, -0.25) is 9.35 Å². The monoisotopic (exact) mass is 826 g/mol. The molecule has 0 saturated heterocycles. The van der Waals surface area contributed by atoms with Crippen LogP contribution in [-0.2, 0) is 14.9 Å². The van der Waals surface area contributed by atoms with Gasteiger partial charge in [0.05, 0.1) is 17.9 Å². The van der Waals surface area contributed by atoms with Crippen LogP contribution in [0.15, 0.2) is 24.3 Å². The summed E-state index contributed by atoms with van der Waals surface area (Å²) < 4.78 is 32.7. The minimum absolute atomic E-state index is 0.275. The third-order valence-corrected chi connectivity index (χ3v) is 12.3. The molecule has 0 aromatic rings. The van der Waals surface area contributed by atoms with E-state index < -0.39 is 40.0 Å². The largest absolute Gasteiger partial charge is 0.387 e. The Bertz CT molecular complexity index is 1020. The van der Waals surface area contributed by atoms with Crippen molar-refractivity contribution in [3.05, 3.63) is 24.3 Å². The Morgan fingerprint density at radius 2 is 0.772 bits per heavy atom. The summed E-state index contributed by atoms with van der Waals surface area (Å²) in [5, 5.41) is 23.5. The van der Waals surface area contributed by atoms with Crippen molar-refractivity contribution in [1.29, 1.82) is 0 Å². The summed E-state index contributed by atoms with van der Waals surface area (Å²) in [6.07, 6.45) is 52.4. The molecule has 3 atom stereocenters. The van der Waals surface area contributed by atoms with E-state index in [1.807, 2.05) is 6.08 Å². The number of unbranched alkanes of at least 4 members (excludes halogenated alkanes) is 34. The lowest BCUT2D eigenvalue weighted by atomic mass is 10.0. The Morgan fingerprint density at radius 1 is 0.474 bits per heavy atom.